The van der Waals surface area contributed by atoms with Gasteiger partial charge in [0, 0.05) is 17.0 Å². The van der Waals surface area contributed by atoms with Crippen molar-refractivity contribution in [3.63, 3.8) is 0 Å². The normalized spacial score (nSPS) is 12.8. The minimum absolute atomic E-state index is 0. The van der Waals surface area contributed by atoms with Crippen molar-refractivity contribution in [1.29, 1.82) is 0 Å². The molecule has 5 rings (SSSR count). The molecule has 9 heteroatoms. The number of rotatable bonds is 3. The molecule has 1 aliphatic rings. The van der Waals surface area contributed by atoms with Crippen LogP contribution in [-0.2, 0) is 6.42 Å². The molecule has 0 N–H and O–H groups in total. The van der Waals surface area contributed by atoms with E-state index in [0.717, 1.165) is 32.6 Å². The van der Waals surface area contributed by atoms with E-state index in [1.54, 1.807) is 4.52 Å². The average molecular weight is 421 g/mol. The second kappa shape index (κ2) is 7.34. The summed E-state index contributed by atoms with van der Waals surface area (Å²) in [6.07, 6.45) is 0.699. The van der Waals surface area contributed by atoms with Gasteiger partial charge in [-0.1, -0.05) is 29.0 Å². The van der Waals surface area contributed by atoms with Crippen LogP contribution in [0.3, 0.4) is 0 Å². The molecule has 0 unspecified atom stereocenters. The first kappa shape index (κ1) is 18.0. The van der Waals surface area contributed by atoms with E-state index in [9.17, 15) is 0 Å². The highest BCUT2D eigenvalue weighted by molar-refractivity contribution is 7.16. The summed E-state index contributed by atoms with van der Waals surface area (Å²) in [6, 6.07) is 13.5. The van der Waals surface area contributed by atoms with E-state index in [-0.39, 0.29) is 12.4 Å². The third-order valence-electron chi connectivity index (χ3n) is 4.10. The Morgan fingerprint density at radius 2 is 1.78 bits per heavy atom. The number of halogens is 2. The van der Waals surface area contributed by atoms with Gasteiger partial charge in [0.05, 0.1) is 0 Å². The summed E-state index contributed by atoms with van der Waals surface area (Å²) in [5, 5.41) is 14.8. The van der Waals surface area contributed by atoms with Crippen LogP contribution < -0.4 is 9.47 Å². The average Bonchev–Trinajstić information content (AvgIpc) is 3.22. The van der Waals surface area contributed by atoms with E-state index >= 15 is 0 Å². The lowest BCUT2D eigenvalue weighted by Crippen LogP contribution is -2.15. The van der Waals surface area contributed by atoms with Gasteiger partial charge < -0.3 is 9.47 Å². The molecule has 2 aromatic heterocycles. The number of benzene rings is 2. The summed E-state index contributed by atoms with van der Waals surface area (Å²) in [4.78, 5) is 0.766. The Bertz CT molecular complexity index is 1090. The summed E-state index contributed by atoms with van der Waals surface area (Å²) in [5.74, 6) is 2.29. The van der Waals surface area contributed by atoms with Crippen LogP contribution in [0, 0.1) is 0 Å². The van der Waals surface area contributed by atoms with Gasteiger partial charge in [-0.2, -0.15) is 9.61 Å². The second-order valence-corrected chi connectivity index (χ2v) is 7.35. The molecule has 27 heavy (non-hydrogen) atoms. The monoisotopic (exact) mass is 420 g/mol. The zero-order valence-electron chi connectivity index (χ0n) is 14.0. The van der Waals surface area contributed by atoms with E-state index < -0.39 is 0 Å². The van der Waals surface area contributed by atoms with Crippen molar-refractivity contribution < 1.29 is 9.47 Å². The number of hydrogen-bond donors (Lipinski definition) is 0. The first-order valence-corrected chi connectivity index (χ1v) is 9.31. The largest absolute Gasteiger partial charge is 0.486 e. The van der Waals surface area contributed by atoms with E-state index in [4.69, 9.17) is 21.1 Å². The van der Waals surface area contributed by atoms with Gasteiger partial charge in [0.25, 0.3) is 0 Å². The minimum atomic E-state index is 0. The zero-order valence-corrected chi connectivity index (χ0v) is 16.4. The van der Waals surface area contributed by atoms with Crippen LogP contribution in [0.2, 0.25) is 5.02 Å². The van der Waals surface area contributed by atoms with E-state index in [0.29, 0.717) is 30.5 Å². The molecular formula is C18H14Cl2N4O2S. The van der Waals surface area contributed by atoms with Gasteiger partial charge in [-0.25, -0.2) is 0 Å². The molecule has 1 aliphatic heterocycles. The smallest absolute Gasteiger partial charge is 0.234 e. The SMILES string of the molecule is Cl.Clc1ccc(-c2nnc3sc(Cc4ccc5c(c4)OCCO5)nn23)cc1. The number of nitrogens with zero attached hydrogens (tertiary/aromatic N) is 4. The molecule has 3 heterocycles. The molecule has 0 spiro atoms. The maximum absolute atomic E-state index is 5.96. The van der Waals surface area contributed by atoms with Crippen molar-refractivity contribution in [1.82, 2.24) is 19.8 Å². The fourth-order valence-corrected chi connectivity index (χ4v) is 3.87. The van der Waals surface area contributed by atoms with Crippen molar-refractivity contribution in [3.8, 4) is 22.9 Å². The van der Waals surface area contributed by atoms with Crippen LogP contribution >= 0.6 is 35.3 Å². The molecule has 0 saturated carbocycles. The van der Waals surface area contributed by atoms with Crippen LogP contribution in [0.4, 0.5) is 0 Å². The van der Waals surface area contributed by atoms with Crippen molar-refractivity contribution in [2.75, 3.05) is 13.2 Å². The van der Waals surface area contributed by atoms with Crippen LogP contribution in [0.25, 0.3) is 16.3 Å². The van der Waals surface area contributed by atoms with Crippen LogP contribution in [0.1, 0.15) is 10.6 Å². The molecule has 0 fully saturated rings. The molecular weight excluding hydrogens is 407 g/mol. The van der Waals surface area contributed by atoms with Crippen molar-refractivity contribution in [2.24, 2.45) is 0 Å². The predicted molar refractivity (Wildman–Crippen MR) is 107 cm³/mol. The third kappa shape index (κ3) is 3.45. The standard InChI is InChI=1S/C18H13ClN4O2S.ClH/c19-13-4-2-12(3-5-13)17-20-21-18-23(17)22-16(26-18)10-11-1-6-14-15(9-11)25-8-7-24-14;/h1-6,9H,7-8,10H2;1H. The highest BCUT2D eigenvalue weighted by Crippen LogP contribution is 2.32. The Balaban J connectivity index is 0.00000180. The molecule has 0 amide bonds. The number of ether oxygens (including phenoxy) is 2. The Kier molecular flexibility index (Phi) is 4.90. The summed E-state index contributed by atoms with van der Waals surface area (Å²) in [7, 11) is 0. The van der Waals surface area contributed by atoms with Gasteiger partial charge in [-0.05, 0) is 42.0 Å². The molecule has 2 aromatic carbocycles. The highest BCUT2D eigenvalue weighted by atomic mass is 35.5. The van der Waals surface area contributed by atoms with Gasteiger partial charge >= 0.3 is 0 Å². The fourth-order valence-electron chi connectivity index (χ4n) is 2.88. The summed E-state index contributed by atoms with van der Waals surface area (Å²) in [6.45, 7) is 1.17. The molecule has 0 atom stereocenters. The Labute approximate surface area is 170 Å². The number of aromatic nitrogens is 4. The lowest BCUT2D eigenvalue weighted by atomic mass is 10.1. The van der Waals surface area contributed by atoms with Gasteiger partial charge in [0.15, 0.2) is 17.3 Å². The quantitative estimate of drug-likeness (QED) is 0.494. The summed E-state index contributed by atoms with van der Waals surface area (Å²) >= 11 is 7.49. The Hall–Kier alpha value is -2.35. The molecule has 0 bridgehead atoms. The van der Waals surface area contributed by atoms with Crippen molar-refractivity contribution >= 4 is 40.3 Å². The van der Waals surface area contributed by atoms with Crippen molar-refractivity contribution in [3.05, 3.63) is 58.1 Å². The fraction of sp³-hybridized carbons (Fsp3) is 0.167. The van der Waals surface area contributed by atoms with E-state index in [2.05, 4.69) is 15.3 Å². The topological polar surface area (TPSA) is 61.5 Å². The maximum Gasteiger partial charge on any atom is 0.234 e. The predicted octanol–water partition coefficient (Wildman–Crippen LogP) is 4.29. The van der Waals surface area contributed by atoms with Crippen LogP contribution in [-0.4, -0.2) is 33.0 Å². The van der Waals surface area contributed by atoms with Crippen LogP contribution in [0.15, 0.2) is 42.5 Å². The number of fused-ring (bicyclic) bond motifs is 2. The van der Waals surface area contributed by atoms with Gasteiger partial charge in [-0.3, -0.25) is 0 Å². The zero-order chi connectivity index (χ0) is 17.5. The molecule has 0 aliphatic carbocycles. The van der Waals surface area contributed by atoms with Gasteiger partial charge in [0.1, 0.15) is 18.2 Å². The molecule has 0 saturated heterocycles. The molecule has 6 nitrogen and oxygen atoms in total. The third-order valence-corrected chi connectivity index (χ3v) is 5.25. The van der Waals surface area contributed by atoms with Crippen molar-refractivity contribution in [2.45, 2.75) is 6.42 Å². The summed E-state index contributed by atoms with van der Waals surface area (Å²) < 4.78 is 13.0. The summed E-state index contributed by atoms with van der Waals surface area (Å²) in [5.41, 5.74) is 2.05. The first-order valence-electron chi connectivity index (χ1n) is 8.12. The maximum atomic E-state index is 5.96. The first-order chi connectivity index (χ1) is 12.8. The molecule has 138 valence electrons. The minimum Gasteiger partial charge on any atom is -0.486 e. The molecule has 4 aromatic rings. The van der Waals surface area contributed by atoms with Gasteiger partial charge in [-0.15, -0.1) is 22.6 Å². The highest BCUT2D eigenvalue weighted by Gasteiger charge is 2.16. The molecule has 0 radical (unpaired) electrons. The lowest BCUT2D eigenvalue weighted by Gasteiger charge is -2.18. The Morgan fingerprint density at radius 1 is 1.00 bits per heavy atom. The van der Waals surface area contributed by atoms with E-state index in [1.165, 1.54) is 11.3 Å². The Morgan fingerprint density at radius 3 is 2.59 bits per heavy atom. The van der Waals surface area contributed by atoms with Crippen LogP contribution in [0.5, 0.6) is 11.5 Å². The second-order valence-electron chi connectivity index (χ2n) is 5.88. The lowest BCUT2D eigenvalue weighted by molar-refractivity contribution is 0.171. The van der Waals surface area contributed by atoms with E-state index in [1.807, 2.05) is 42.5 Å². The number of hydrogen-bond acceptors (Lipinski definition) is 6. The van der Waals surface area contributed by atoms with Gasteiger partial charge in [0.2, 0.25) is 4.96 Å².